The first kappa shape index (κ1) is 16.2. The largest absolute Gasteiger partial charge is 0.314 e. The molecular weight excluding hydrogens is 276 g/mol. The number of rotatable bonds is 5. The Labute approximate surface area is 123 Å². The second-order valence-corrected chi connectivity index (χ2v) is 8.04. The van der Waals surface area contributed by atoms with Gasteiger partial charge in [0.15, 0.2) is 0 Å². The van der Waals surface area contributed by atoms with Gasteiger partial charge in [-0.15, -0.1) is 0 Å². The molecule has 0 aromatic carbocycles. The molecule has 0 atom stereocenters. The van der Waals surface area contributed by atoms with E-state index in [1.54, 1.807) is 11.4 Å². The first-order chi connectivity index (χ1) is 9.50. The fourth-order valence-electron chi connectivity index (χ4n) is 2.75. The van der Waals surface area contributed by atoms with E-state index >= 15 is 0 Å². The predicted octanol–water partition coefficient (Wildman–Crippen LogP) is -0.200. The minimum atomic E-state index is -3.26. The molecule has 0 saturated carbocycles. The second-order valence-electron chi connectivity index (χ2n) is 6.00. The van der Waals surface area contributed by atoms with Crippen LogP contribution in [0.5, 0.6) is 0 Å². The van der Waals surface area contributed by atoms with E-state index in [-0.39, 0.29) is 0 Å². The van der Waals surface area contributed by atoms with Crippen LogP contribution in [0.25, 0.3) is 0 Å². The first-order valence-corrected chi connectivity index (χ1v) is 9.04. The molecule has 0 amide bonds. The maximum Gasteiger partial charge on any atom is 0.281 e. The molecule has 2 heterocycles. The molecule has 0 unspecified atom stereocenters. The van der Waals surface area contributed by atoms with Gasteiger partial charge in [0.1, 0.15) is 0 Å². The summed E-state index contributed by atoms with van der Waals surface area (Å²) in [6, 6.07) is 0. The molecule has 0 aromatic rings. The van der Waals surface area contributed by atoms with Crippen molar-refractivity contribution in [2.45, 2.75) is 19.8 Å². The van der Waals surface area contributed by atoms with Crippen LogP contribution in [0.1, 0.15) is 19.8 Å². The van der Waals surface area contributed by atoms with Gasteiger partial charge in [0.2, 0.25) is 0 Å². The molecule has 20 heavy (non-hydrogen) atoms. The van der Waals surface area contributed by atoms with Gasteiger partial charge in [-0.1, -0.05) is 6.92 Å². The van der Waals surface area contributed by atoms with Crippen LogP contribution in [0, 0.1) is 5.92 Å². The number of likely N-dealkylation sites (N-methyl/N-ethyl adjacent to an activating group) is 1. The molecule has 2 saturated heterocycles. The van der Waals surface area contributed by atoms with Crippen LogP contribution in [0.15, 0.2) is 0 Å². The van der Waals surface area contributed by atoms with Gasteiger partial charge in [-0.2, -0.15) is 17.0 Å². The van der Waals surface area contributed by atoms with Crippen LogP contribution >= 0.6 is 0 Å². The van der Waals surface area contributed by atoms with Gasteiger partial charge in [0.05, 0.1) is 0 Å². The zero-order valence-corrected chi connectivity index (χ0v) is 13.5. The van der Waals surface area contributed by atoms with Crippen LogP contribution in [0.4, 0.5) is 0 Å². The van der Waals surface area contributed by atoms with E-state index in [9.17, 15) is 8.42 Å². The minimum absolute atomic E-state index is 0.578. The average Bonchev–Trinajstić information content (AvgIpc) is 2.46. The molecule has 2 aliphatic heterocycles. The monoisotopic (exact) mass is 304 g/mol. The Balaban J connectivity index is 1.81. The molecule has 0 aromatic heterocycles. The fourth-order valence-corrected chi connectivity index (χ4v) is 4.12. The van der Waals surface area contributed by atoms with Gasteiger partial charge in [-0.25, -0.2) is 0 Å². The summed E-state index contributed by atoms with van der Waals surface area (Å²) in [7, 11) is -1.56. The van der Waals surface area contributed by atoms with E-state index in [1.807, 2.05) is 0 Å². The van der Waals surface area contributed by atoms with E-state index in [0.717, 1.165) is 45.6 Å². The number of hydrogen-bond acceptors (Lipinski definition) is 4. The molecule has 0 radical (unpaired) electrons. The SMILES string of the molecule is CC1CCN(S(=O)(=O)N(C)CCN2CCNCC2)CC1. The molecule has 2 aliphatic rings. The van der Waals surface area contributed by atoms with Gasteiger partial charge in [0, 0.05) is 59.4 Å². The van der Waals surface area contributed by atoms with Crippen LogP contribution in [0.3, 0.4) is 0 Å². The van der Waals surface area contributed by atoms with Crippen molar-refractivity contribution >= 4 is 10.2 Å². The summed E-state index contributed by atoms with van der Waals surface area (Å²) in [5, 5.41) is 3.31. The third kappa shape index (κ3) is 4.14. The van der Waals surface area contributed by atoms with Crippen molar-refractivity contribution in [2.24, 2.45) is 5.92 Å². The maximum absolute atomic E-state index is 12.5. The number of hydrogen-bond donors (Lipinski definition) is 1. The zero-order valence-electron chi connectivity index (χ0n) is 12.7. The van der Waals surface area contributed by atoms with Crippen molar-refractivity contribution in [1.82, 2.24) is 18.8 Å². The molecule has 2 fully saturated rings. The summed E-state index contributed by atoms with van der Waals surface area (Å²) in [5.74, 6) is 0.646. The van der Waals surface area contributed by atoms with Crippen molar-refractivity contribution in [3.63, 3.8) is 0 Å². The third-order valence-electron chi connectivity index (χ3n) is 4.40. The van der Waals surface area contributed by atoms with Crippen molar-refractivity contribution in [2.75, 3.05) is 59.4 Å². The molecule has 118 valence electrons. The van der Waals surface area contributed by atoms with Gasteiger partial charge in [0.25, 0.3) is 10.2 Å². The van der Waals surface area contributed by atoms with Crippen LogP contribution in [0.2, 0.25) is 0 Å². The summed E-state index contributed by atoms with van der Waals surface area (Å²) in [6.07, 6.45) is 1.95. The van der Waals surface area contributed by atoms with Gasteiger partial charge >= 0.3 is 0 Å². The van der Waals surface area contributed by atoms with Gasteiger partial charge < -0.3 is 5.32 Å². The Morgan fingerprint density at radius 1 is 1.15 bits per heavy atom. The lowest BCUT2D eigenvalue weighted by molar-refractivity contribution is 0.221. The topological polar surface area (TPSA) is 55.9 Å². The molecule has 2 rings (SSSR count). The van der Waals surface area contributed by atoms with Gasteiger partial charge in [-0.3, -0.25) is 4.90 Å². The smallest absolute Gasteiger partial charge is 0.281 e. The highest BCUT2D eigenvalue weighted by Gasteiger charge is 2.29. The molecule has 0 spiro atoms. The van der Waals surface area contributed by atoms with Crippen molar-refractivity contribution < 1.29 is 8.42 Å². The van der Waals surface area contributed by atoms with Crippen molar-refractivity contribution in [1.29, 1.82) is 0 Å². The number of piperidine rings is 1. The number of nitrogens with zero attached hydrogens (tertiary/aromatic N) is 3. The van der Waals surface area contributed by atoms with Crippen molar-refractivity contribution in [3.05, 3.63) is 0 Å². The van der Waals surface area contributed by atoms with Crippen LogP contribution in [-0.2, 0) is 10.2 Å². The Kier molecular flexibility index (Phi) is 5.80. The van der Waals surface area contributed by atoms with Gasteiger partial charge in [-0.05, 0) is 18.8 Å². The Morgan fingerprint density at radius 2 is 1.75 bits per heavy atom. The summed E-state index contributed by atoms with van der Waals surface area (Å²) in [5.41, 5.74) is 0. The fraction of sp³-hybridized carbons (Fsp3) is 1.00. The number of nitrogens with one attached hydrogen (secondary N) is 1. The third-order valence-corrected chi connectivity index (χ3v) is 6.39. The predicted molar refractivity (Wildman–Crippen MR) is 80.8 cm³/mol. The van der Waals surface area contributed by atoms with E-state index < -0.39 is 10.2 Å². The van der Waals surface area contributed by atoms with E-state index in [0.29, 0.717) is 25.6 Å². The lowest BCUT2D eigenvalue weighted by Gasteiger charge is -2.34. The highest BCUT2D eigenvalue weighted by Crippen LogP contribution is 2.20. The molecule has 0 bridgehead atoms. The highest BCUT2D eigenvalue weighted by molar-refractivity contribution is 7.86. The number of piperazine rings is 1. The Morgan fingerprint density at radius 3 is 2.35 bits per heavy atom. The summed E-state index contributed by atoms with van der Waals surface area (Å²) in [6.45, 7) is 8.95. The summed E-state index contributed by atoms with van der Waals surface area (Å²) in [4.78, 5) is 2.32. The maximum atomic E-state index is 12.5. The summed E-state index contributed by atoms with van der Waals surface area (Å²) >= 11 is 0. The Bertz CT molecular complexity index is 387. The zero-order chi connectivity index (χ0) is 14.6. The average molecular weight is 304 g/mol. The molecule has 7 heteroatoms. The molecular formula is C13H28N4O2S. The second kappa shape index (κ2) is 7.17. The van der Waals surface area contributed by atoms with E-state index in [4.69, 9.17) is 0 Å². The van der Waals surface area contributed by atoms with E-state index in [2.05, 4.69) is 17.1 Å². The molecule has 6 nitrogen and oxygen atoms in total. The van der Waals surface area contributed by atoms with Crippen LogP contribution in [-0.4, -0.2) is 81.3 Å². The normalized spacial score (nSPS) is 24.4. The highest BCUT2D eigenvalue weighted by atomic mass is 32.2. The lowest BCUT2D eigenvalue weighted by atomic mass is 10.0. The van der Waals surface area contributed by atoms with E-state index in [1.165, 1.54) is 4.31 Å². The standard InChI is InChI=1S/C13H28N4O2S/c1-13-3-7-17(8-4-13)20(18,19)15(2)11-12-16-9-5-14-6-10-16/h13-14H,3-12H2,1-2H3. The summed E-state index contributed by atoms with van der Waals surface area (Å²) < 4.78 is 28.1. The molecule has 1 N–H and O–H groups in total. The minimum Gasteiger partial charge on any atom is -0.314 e. The van der Waals surface area contributed by atoms with Crippen LogP contribution < -0.4 is 5.32 Å². The quantitative estimate of drug-likeness (QED) is 0.764. The lowest BCUT2D eigenvalue weighted by Crippen LogP contribution is -2.49. The molecule has 0 aliphatic carbocycles. The Hall–Kier alpha value is -0.210. The van der Waals surface area contributed by atoms with Crippen molar-refractivity contribution in [3.8, 4) is 0 Å². The first-order valence-electron chi connectivity index (χ1n) is 7.64.